The molecule has 1 aliphatic heterocycles. The van der Waals surface area contributed by atoms with Crippen LogP contribution in [0.1, 0.15) is 27.3 Å². The molecule has 4 N–H and O–H groups in total. The van der Waals surface area contributed by atoms with Gasteiger partial charge in [0.05, 0.1) is 68.7 Å². The van der Waals surface area contributed by atoms with Crippen LogP contribution in [0.25, 0.3) is 22.3 Å². The second kappa shape index (κ2) is 12.9. The molecule has 0 bridgehead atoms. The summed E-state index contributed by atoms with van der Waals surface area (Å²) in [5.74, 6) is -3.52. The number of rotatable bonds is 10. The number of nitrogens with two attached hydrogens (primary N) is 1. The third-order valence-electron chi connectivity index (χ3n) is 7.39. The third-order valence-corrected chi connectivity index (χ3v) is 7.39. The molecule has 3 heterocycles. The Labute approximate surface area is 250 Å². The number of aliphatic hydroxyl groups is 1. The molecule has 0 radical (unpaired) electrons. The first kappa shape index (κ1) is 30.7. The van der Waals surface area contributed by atoms with E-state index in [9.17, 15) is 14.7 Å². The zero-order chi connectivity index (χ0) is 31.5. The molecule has 1 amide bonds. The fourth-order valence-electron chi connectivity index (χ4n) is 5.37. The van der Waals surface area contributed by atoms with E-state index >= 15 is 8.78 Å². The molecule has 2 atom stereocenters. The van der Waals surface area contributed by atoms with Gasteiger partial charge in [-0.3, -0.25) is 9.48 Å². The minimum absolute atomic E-state index is 0.0217. The molecule has 0 unspecified atom stereocenters. The van der Waals surface area contributed by atoms with Crippen molar-refractivity contribution in [3.8, 4) is 17.1 Å². The van der Waals surface area contributed by atoms with Crippen molar-refractivity contribution < 1.29 is 37.7 Å². The summed E-state index contributed by atoms with van der Waals surface area (Å²) in [5, 5.41) is 17.6. The van der Waals surface area contributed by atoms with Gasteiger partial charge in [0.15, 0.2) is 17.5 Å². The molecular weight excluding hydrogens is 580 g/mol. The van der Waals surface area contributed by atoms with E-state index in [0.29, 0.717) is 30.6 Å². The van der Waals surface area contributed by atoms with Crippen LogP contribution < -0.4 is 20.7 Å². The standard InChI is InChI=1S/C29H31F2N7O6/c1-42-9-8-38-25-18(12-34-38)26(37-13-15(32)10-16(37)14-39)21(11-19(25)30)36-28(40)20-6-7-33-27(35-20)23-22(43-2)5-4-17(24(23)31)29(41)44-3/h4-7,11-12,15-16,39H,8-10,13-14,32H2,1-3H3,(H,36,40)/t15-,16-/m0/s1. The van der Waals surface area contributed by atoms with Gasteiger partial charge in [0, 0.05) is 37.3 Å². The van der Waals surface area contributed by atoms with Crippen LogP contribution in [-0.4, -0.2) is 89.9 Å². The summed E-state index contributed by atoms with van der Waals surface area (Å²) in [6.07, 6.45) is 3.21. The summed E-state index contributed by atoms with van der Waals surface area (Å²) in [6.45, 7) is 0.699. The molecule has 44 heavy (non-hydrogen) atoms. The highest BCUT2D eigenvalue weighted by molar-refractivity contribution is 6.09. The number of fused-ring (bicyclic) bond motifs is 1. The van der Waals surface area contributed by atoms with E-state index in [-0.39, 0.29) is 64.8 Å². The molecule has 232 valence electrons. The van der Waals surface area contributed by atoms with Crippen LogP contribution in [0.3, 0.4) is 0 Å². The number of carbonyl (C=O) groups excluding carboxylic acids is 2. The van der Waals surface area contributed by atoms with Gasteiger partial charge in [0.2, 0.25) is 0 Å². The molecule has 1 aliphatic rings. The molecule has 1 saturated heterocycles. The molecule has 2 aromatic carbocycles. The summed E-state index contributed by atoms with van der Waals surface area (Å²) in [4.78, 5) is 35.8. The quantitative estimate of drug-likeness (QED) is 0.225. The number of ether oxygens (including phenoxy) is 3. The van der Waals surface area contributed by atoms with Gasteiger partial charge in [-0.05, 0) is 24.6 Å². The SMILES string of the molecule is COCCn1ncc2c(N3C[C@@H](N)C[C@H]3CO)c(NC(=O)c3ccnc(-c4c(OC)ccc(C(=O)OC)c4F)n3)cc(F)c21. The number of nitrogens with zero attached hydrogens (tertiary/aromatic N) is 5. The van der Waals surface area contributed by atoms with Gasteiger partial charge in [0.1, 0.15) is 17.0 Å². The van der Waals surface area contributed by atoms with Crippen LogP contribution >= 0.6 is 0 Å². The Hall–Kier alpha value is -4.73. The number of nitrogens with one attached hydrogen (secondary N) is 1. The molecular formula is C29H31F2N7O6. The predicted octanol–water partition coefficient (Wildman–Crippen LogP) is 2.36. The van der Waals surface area contributed by atoms with Crippen LogP contribution in [0.15, 0.2) is 36.7 Å². The second-order valence-corrected chi connectivity index (χ2v) is 10.1. The number of aliphatic hydroxyl groups excluding tert-OH is 1. The monoisotopic (exact) mass is 611 g/mol. The highest BCUT2D eigenvalue weighted by Crippen LogP contribution is 2.40. The van der Waals surface area contributed by atoms with Crippen molar-refractivity contribution in [1.29, 1.82) is 0 Å². The first-order valence-corrected chi connectivity index (χ1v) is 13.6. The minimum atomic E-state index is -0.991. The van der Waals surface area contributed by atoms with E-state index in [4.69, 9.17) is 15.2 Å². The maximum Gasteiger partial charge on any atom is 0.340 e. The zero-order valence-electron chi connectivity index (χ0n) is 24.2. The first-order valence-electron chi connectivity index (χ1n) is 13.6. The highest BCUT2D eigenvalue weighted by Gasteiger charge is 2.34. The van der Waals surface area contributed by atoms with Gasteiger partial charge in [-0.25, -0.2) is 23.5 Å². The largest absolute Gasteiger partial charge is 0.496 e. The summed E-state index contributed by atoms with van der Waals surface area (Å²) in [7, 11) is 3.95. The molecule has 5 rings (SSSR count). The van der Waals surface area contributed by atoms with Gasteiger partial charge < -0.3 is 35.3 Å². The van der Waals surface area contributed by atoms with Gasteiger partial charge in [-0.15, -0.1) is 0 Å². The van der Waals surface area contributed by atoms with Crippen molar-refractivity contribution in [2.75, 3.05) is 51.3 Å². The molecule has 2 aromatic heterocycles. The molecule has 0 aliphatic carbocycles. The number of aromatic nitrogens is 4. The van der Waals surface area contributed by atoms with Crippen LogP contribution in [0.5, 0.6) is 5.75 Å². The average molecular weight is 612 g/mol. The van der Waals surface area contributed by atoms with Crippen molar-refractivity contribution in [2.24, 2.45) is 5.73 Å². The minimum Gasteiger partial charge on any atom is -0.496 e. The van der Waals surface area contributed by atoms with Gasteiger partial charge in [-0.2, -0.15) is 5.10 Å². The maximum absolute atomic E-state index is 15.6. The predicted molar refractivity (Wildman–Crippen MR) is 156 cm³/mol. The van der Waals surface area contributed by atoms with E-state index in [1.165, 1.54) is 55.6 Å². The zero-order valence-corrected chi connectivity index (χ0v) is 24.2. The van der Waals surface area contributed by atoms with Crippen molar-refractivity contribution >= 4 is 34.2 Å². The van der Waals surface area contributed by atoms with Crippen LogP contribution in [0, 0.1) is 11.6 Å². The van der Waals surface area contributed by atoms with E-state index in [1.54, 1.807) is 0 Å². The molecule has 0 spiro atoms. The smallest absolute Gasteiger partial charge is 0.340 e. The Morgan fingerprint density at radius 1 is 1.20 bits per heavy atom. The van der Waals surface area contributed by atoms with E-state index in [2.05, 4.69) is 25.1 Å². The Bertz CT molecular complexity index is 1720. The van der Waals surface area contributed by atoms with E-state index in [1.807, 2.05) is 4.90 Å². The summed E-state index contributed by atoms with van der Waals surface area (Å²) < 4.78 is 47.6. The molecule has 1 fully saturated rings. The number of carbonyl (C=O) groups is 2. The van der Waals surface area contributed by atoms with Crippen LogP contribution in [0.2, 0.25) is 0 Å². The molecule has 0 saturated carbocycles. The number of hydrogen-bond acceptors (Lipinski definition) is 11. The summed E-state index contributed by atoms with van der Waals surface area (Å²) in [6, 6.07) is 4.37. The second-order valence-electron chi connectivity index (χ2n) is 10.1. The molecule has 13 nitrogen and oxygen atoms in total. The Balaban J connectivity index is 1.58. The molecule has 4 aromatic rings. The number of methoxy groups -OCH3 is 3. The Morgan fingerprint density at radius 3 is 2.70 bits per heavy atom. The lowest BCUT2D eigenvalue weighted by atomic mass is 10.1. The average Bonchev–Trinajstić information content (AvgIpc) is 3.62. The van der Waals surface area contributed by atoms with Gasteiger partial charge in [-0.1, -0.05) is 0 Å². The topological polar surface area (TPSA) is 167 Å². The number of anilines is 2. The third kappa shape index (κ3) is 5.64. The Kier molecular flexibility index (Phi) is 8.98. The highest BCUT2D eigenvalue weighted by atomic mass is 19.1. The van der Waals surface area contributed by atoms with Crippen molar-refractivity contribution in [1.82, 2.24) is 19.7 Å². The van der Waals surface area contributed by atoms with Crippen molar-refractivity contribution in [3.05, 3.63) is 59.6 Å². The lowest BCUT2D eigenvalue weighted by molar-refractivity contribution is 0.0595. The lowest BCUT2D eigenvalue weighted by Gasteiger charge is -2.28. The van der Waals surface area contributed by atoms with Gasteiger partial charge >= 0.3 is 5.97 Å². The van der Waals surface area contributed by atoms with Crippen molar-refractivity contribution in [2.45, 2.75) is 25.0 Å². The number of esters is 1. The summed E-state index contributed by atoms with van der Waals surface area (Å²) >= 11 is 0. The van der Waals surface area contributed by atoms with Crippen LogP contribution in [-0.2, 0) is 16.0 Å². The summed E-state index contributed by atoms with van der Waals surface area (Å²) in [5.41, 5.74) is 6.14. The fourth-order valence-corrected chi connectivity index (χ4v) is 5.37. The lowest BCUT2D eigenvalue weighted by Crippen LogP contribution is -2.34. The number of amides is 1. The van der Waals surface area contributed by atoms with E-state index < -0.39 is 23.5 Å². The number of halogens is 2. The normalized spacial score (nSPS) is 16.4. The molecule has 15 heteroatoms. The number of benzene rings is 2. The van der Waals surface area contributed by atoms with Gasteiger partial charge in [0.25, 0.3) is 5.91 Å². The van der Waals surface area contributed by atoms with Crippen molar-refractivity contribution in [3.63, 3.8) is 0 Å². The Morgan fingerprint density at radius 2 is 2.00 bits per heavy atom. The fraction of sp³-hybridized carbons (Fsp3) is 0.345. The van der Waals surface area contributed by atoms with Crippen LogP contribution in [0.4, 0.5) is 20.2 Å². The van der Waals surface area contributed by atoms with E-state index in [0.717, 1.165) is 7.11 Å². The first-order chi connectivity index (χ1) is 21.2. The number of hydrogen-bond donors (Lipinski definition) is 3. The maximum atomic E-state index is 15.6.